The first-order chi connectivity index (χ1) is 26.5. The second-order valence-electron chi connectivity index (χ2n) is 15.9. The summed E-state index contributed by atoms with van der Waals surface area (Å²) in [6.07, 6.45) is 8.86. The summed E-state index contributed by atoms with van der Waals surface area (Å²) in [6.45, 7) is 8.84. The average Bonchev–Trinajstić information content (AvgIpc) is 3.53. The Hall–Kier alpha value is -3.75. The van der Waals surface area contributed by atoms with Crippen molar-refractivity contribution in [2.75, 3.05) is 51.5 Å². The van der Waals surface area contributed by atoms with Crippen LogP contribution in [0.4, 0.5) is 14.6 Å². The van der Waals surface area contributed by atoms with Crippen molar-refractivity contribution < 1.29 is 38.3 Å². The van der Waals surface area contributed by atoms with Crippen LogP contribution in [-0.2, 0) is 15.9 Å². The number of aliphatic hydroxyl groups excluding tert-OH is 1. The van der Waals surface area contributed by atoms with Gasteiger partial charge >= 0.3 is 6.01 Å². The molecular formula is C42H55F2N5O6. The molecule has 4 aliphatic rings. The van der Waals surface area contributed by atoms with Gasteiger partial charge in [-0.1, -0.05) is 33.3 Å². The van der Waals surface area contributed by atoms with Crippen molar-refractivity contribution in [1.29, 1.82) is 0 Å². The van der Waals surface area contributed by atoms with E-state index in [4.69, 9.17) is 24.2 Å². The van der Waals surface area contributed by atoms with Crippen LogP contribution in [0.1, 0.15) is 78.2 Å². The van der Waals surface area contributed by atoms with Crippen molar-refractivity contribution in [3.8, 4) is 23.0 Å². The number of phenols is 1. The number of aryl methyl sites for hydroxylation is 1. The number of ether oxygens (including phenoxy) is 3. The molecule has 13 heteroatoms. The maximum Gasteiger partial charge on any atom is 0.319 e. The van der Waals surface area contributed by atoms with Gasteiger partial charge in [0, 0.05) is 42.9 Å². The number of phenolic OH excluding ortho intramolecular Hbond substituents is 1. The maximum absolute atomic E-state index is 17.2. The van der Waals surface area contributed by atoms with Crippen LogP contribution in [0.15, 0.2) is 30.5 Å². The van der Waals surface area contributed by atoms with E-state index in [-0.39, 0.29) is 65.6 Å². The highest BCUT2D eigenvalue weighted by Gasteiger charge is 2.52. The van der Waals surface area contributed by atoms with Gasteiger partial charge in [-0.25, -0.2) is 8.78 Å². The van der Waals surface area contributed by atoms with Crippen LogP contribution < -0.4 is 9.64 Å². The van der Waals surface area contributed by atoms with Crippen LogP contribution >= 0.6 is 0 Å². The van der Waals surface area contributed by atoms with E-state index in [1.807, 2.05) is 20.8 Å². The van der Waals surface area contributed by atoms with Crippen molar-refractivity contribution in [3.05, 3.63) is 47.7 Å². The van der Waals surface area contributed by atoms with E-state index < -0.39 is 23.3 Å². The maximum atomic E-state index is 17.2. The van der Waals surface area contributed by atoms with Crippen molar-refractivity contribution in [2.24, 2.45) is 5.41 Å². The third-order valence-corrected chi connectivity index (χ3v) is 12.2. The van der Waals surface area contributed by atoms with E-state index in [9.17, 15) is 15.3 Å². The van der Waals surface area contributed by atoms with Crippen molar-refractivity contribution in [3.63, 3.8) is 0 Å². The summed E-state index contributed by atoms with van der Waals surface area (Å²) in [6, 6.07) is 6.69. The average molecular weight is 764 g/mol. The zero-order valence-corrected chi connectivity index (χ0v) is 32.7. The van der Waals surface area contributed by atoms with Crippen molar-refractivity contribution >= 4 is 27.5 Å². The van der Waals surface area contributed by atoms with Gasteiger partial charge in [0.1, 0.15) is 34.2 Å². The molecule has 0 spiro atoms. The second kappa shape index (κ2) is 16.0. The quantitative estimate of drug-likeness (QED) is 0.171. The molecule has 2 aliphatic heterocycles. The van der Waals surface area contributed by atoms with E-state index in [0.29, 0.717) is 53.4 Å². The first-order valence-corrected chi connectivity index (χ1v) is 19.9. The number of hydrogen-bond acceptors (Lipinski definition) is 11. The summed E-state index contributed by atoms with van der Waals surface area (Å²) in [5.74, 6) is -1.02. The minimum atomic E-state index is -1.31. The molecular weight excluding hydrogens is 708 g/mol. The fourth-order valence-electron chi connectivity index (χ4n) is 9.52. The molecule has 0 radical (unpaired) electrons. The number of fused-ring (bicyclic) bond motifs is 3. The predicted molar refractivity (Wildman–Crippen MR) is 208 cm³/mol. The van der Waals surface area contributed by atoms with Gasteiger partial charge in [-0.2, -0.15) is 9.97 Å². The molecule has 0 amide bonds. The van der Waals surface area contributed by atoms with Crippen molar-refractivity contribution in [1.82, 2.24) is 19.9 Å². The van der Waals surface area contributed by atoms with Crippen LogP contribution in [0.2, 0.25) is 0 Å². The number of methoxy groups -OCH3 is 1. The van der Waals surface area contributed by atoms with E-state index in [2.05, 4.69) is 9.88 Å². The van der Waals surface area contributed by atoms with Crippen LogP contribution in [0, 0.1) is 17.0 Å². The summed E-state index contributed by atoms with van der Waals surface area (Å²) < 4.78 is 50.3. The molecule has 2 aliphatic carbocycles. The number of piperidine rings is 1. The fraction of sp³-hybridized carbons (Fsp3) is 0.595. The number of likely N-dealkylation sites (tertiary alicyclic amines) is 1. The molecule has 2 saturated heterocycles. The third kappa shape index (κ3) is 7.46. The molecule has 4 fully saturated rings. The minimum absolute atomic E-state index is 0.00444. The molecule has 11 nitrogen and oxygen atoms in total. The van der Waals surface area contributed by atoms with E-state index in [1.165, 1.54) is 24.4 Å². The Morgan fingerprint density at radius 1 is 1.09 bits per heavy atom. The molecule has 4 heterocycles. The lowest BCUT2D eigenvalue weighted by atomic mass is 9.73. The monoisotopic (exact) mass is 763 g/mol. The molecule has 4 aromatic rings. The number of nitrogens with zero attached hydrogens (tertiary/aromatic N) is 5. The smallest absolute Gasteiger partial charge is 0.319 e. The Kier molecular flexibility index (Phi) is 11.5. The summed E-state index contributed by atoms with van der Waals surface area (Å²) in [7, 11) is 1.78. The number of aromatic nitrogens is 3. The van der Waals surface area contributed by atoms with Gasteiger partial charge in [0.25, 0.3) is 0 Å². The van der Waals surface area contributed by atoms with Gasteiger partial charge in [0.15, 0.2) is 5.82 Å². The number of aliphatic hydroxyl groups is 2. The second-order valence-corrected chi connectivity index (χ2v) is 15.9. The molecule has 2 aromatic carbocycles. The number of halogens is 2. The number of aromatic hydroxyl groups is 1. The number of anilines is 1. The summed E-state index contributed by atoms with van der Waals surface area (Å²) >= 11 is 0. The van der Waals surface area contributed by atoms with Gasteiger partial charge in [0.05, 0.1) is 44.0 Å². The molecule has 4 atom stereocenters. The van der Waals surface area contributed by atoms with Gasteiger partial charge < -0.3 is 34.4 Å². The predicted octanol–water partition coefficient (Wildman–Crippen LogP) is 6.56. The normalized spacial score (nSPS) is 28.3. The number of benzene rings is 2. The molecule has 3 N–H and O–H groups in total. The number of hydrogen-bond donors (Lipinski definition) is 3. The lowest BCUT2D eigenvalue weighted by Crippen LogP contribution is -2.59. The lowest BCUT2D eigenvalue weighted by Gasteiger charge is -2.53. The highest BCUT2D eigenvalue weighted by molar-refractivity contribution is 6.01. The molecule has 2 aromatic heterocycles. The third-order valence-electron chi connectivity index (χ3n) is 12.2. The van der Waals surface area contributed by atoms with E-state index in [1.54, 1.807) is 25.0 Å². The van der Waals surface area contributed by atoms with Crippen molar-refractivity contribution in [2.45, 2.75) is 109 Å². The van der Waals surface area contributed by atoms with Gasteiger partial charge in [-0.05, 0) is 92.9 Å². The Balaban J connectivity index is 0.00000229. The number of rotatable bonds is 9. The lowest BCUT2D eigenvalue weighted by molar-refractivity contribution is -0.0845. The Morgan fingerprint density at radius 3 is 2.62 bits per heavy atom. The standard InChI is InChI=1S/C40H49F2N5O6.C2H6/c1-4-28-31(41)9-8-23-13-25(49)16-29(33(23)28)35-34(42)36-30(17-43-35)37(46-18-27(19-48)52-21-39(2,50)20-46)45-38(44-36)53-22-40-10-5-7-32(40)47(12-6-11-40)24-14-26(15-24)51-3;1-2/h8-9,13,16-17,24,26-27,32,48-50H,4-7,10-12,14-15,18-22H2,1-3H3;1-2H3. The highest BCUT2D eigenvalue weighted by atomic mass is 19.1. The van der Waals surface area contributed by atoms with Crippen LogP contribution in [-0.4, -0.2) is 112 Å². The highest BCUT2D eigenvalue weighted by Crippen LogP contribution is 2.50. The van der Waals surface area contributed by atoms with Crippen LogP contribution in [0.3, 0.4) is 0 Å². The van der Waals surface area contributed by atoms with Gasteiger partial charge in [-0.3, -0.25) is 9.88 Å². The first-order valence-electron chi connectivity index (χ1n) is 19.9. The summed E-state index contributed by atoms with van der Waals surface area (Å²) in [5.41, 5.74) is -0.926. The Bertz CT molecular complexity index is 2010. The zero-order chi connectivity index (χ0) is 39.1. The van der Waals surface area contributed by atoms with Crippen LogP contribution in [0.5, 0.6) is 11.8 Å². The largest absolute Gasteiger partial charge is 0.508 e. The SMILES string of the molecule is CC.CCc1c(F)ccc2cc(O)cc(-c3ncc4c(N5CC(CO)OCC(C)(O)C5)nc(OCC56CCCC5N(C5CC(OC)C5)CCC6)nc4c3F)c12. The molecule has 55 heavy (non-hydrogen) atoms. The van der Waals surface area contributed by atoms with E-state index >= 15 is 8.78 Å². The number of β-amino-alcohol motifs (C(OH)–C–C–N with tert-alkyl or cyclic N) is 1. The molecule has 8 rings (SSSR count). The molecule has 0 bridgehead atoms. The molecule has 298 valence electrons. The Labute approximate surface area is 321 Å². The van der Waals surface area contributed by atoms with Gasteiger partial charge in [0.2, 0.25) is 0 Å². The topological polar surface area (TPSA) is 134 Å². The first kappa shape index (κ1) is 39.5. The summed E-state index contributed by atoms with van der Waals surface area (Å²) in [4.78, 5) is 18.5. The molecule has 4 unspecified atom stereocenters. The molecule has 2 saturated carbocycles. The fourth-order valence-corrected chi connectivity index (χ4v) is 9.52. The van der Waals surface area contributed by atoms with Crippen LogP contribution in [0.25, 0.3) is 32.9 Å². The number of pyridine rings is 1. The Morgan fingerprint density at radius 2 is 1.87 bits per heavy atom. The zero-order valence-electron chi connectivity index (χ0n) is 32.7. The van der Waals surface area contributed by atoms with Gasteiger partial charge in [-0.15, -0.1) is 0 Å². The summed E-state index contributed by atoms with van der Waals surface area (Å²) in [5, 5.41) is 33.3. The van der Waals surface area contributed by atoms with E-state index in [0.717, 1.165) is 51.5 Å². The minimum Gasteiger partial charge on any atom is -0.508 e.